The molecule has 39 heavy (non-hydrogen) atoms. The zero-order valence-corrected chi connectivity index (χ0v) is 22.2. The summed E-state index contributed by atoms with van der Waals surface area (Å²) < 4.78 is 42.2. The van der Waals surface area contributed by atoms with Crippen LogP contribution in [0.15, 0.2) is 30.3 Å². The molecule has 1 fully saturated rings. The Bertz CT molecular complexity index is 1210. The van der Waals surface area contributed by atoms with E-state index in [1.807, 2.05) is 6.07 Å². The molecule has 0 spiro atoms. The fraction of sp³-hybridized carbons (Fsp3) is 0.552. The van der Waals surface area contributed by atoms with Crippen molar-refractivity contribution in [2.75, 3.05) is 33.3 Å². The average molecular weight is 545 g/mol. The van der Waals surface area contributed by atoms with Gasteiger partial charge in [-0.25, -0.2) is 4.98 Å². The summed E-state index contributed by atoms with van der Waals surface area (Å²) in [6, 6.07) is 8.88. The van der Waals surface area contributed by atoms with Crippen molar-refractivity contribution in [3.63, 3.8) is 0 Å². The maximum absolute atomic E-state index is 13.0. The summed E-state index contributed by atoms with van der Waals surface area (Å²) in [6.45, 7) is 1.85. The quantitative estimate of drug-likeness (QED) is 0.560. The van der Waals surface area contributed by atoms with Crippen LogP contribution in [-0.2, 0) is 19.4 Å². The number of halogens is 3. The standard InChI is InChI=1S/C29H35F3N4O3/c1-35-17-24-22(3-2-4-23(24)28(35)38)27(37)33-21-8-5-19(6-9-21)11-14-36-15-12-20-7-10-26(34-25(20)13-16-36)39-18-29(30,31)32/h2-4,7,10,19,21H,5-6,8-9,11-18H2,1H3,(H,33,37)/t19-,21-. The lowest BCUT2D eigenvalue weighted by molar-refractivity contribution is -0.154. The van der Waals surface area contributed by atoms with Gasteiger partial charge in [0.15, 0.2) is 6.61 Å². The number of aromatic nitrogens is 1. The maximum Gasteiger partial charge on any atom is 0.422 e. The van der Waals surface area contributed by atoms with Crippen LogP contribution >= 0.6 is 0 Å². The molecule has 0 unspecified atom stereocenters. The first-order valence-electron chi connectivity index (χ1n) is 13.7. The number of hydrogen-bond donors (Lipinski definition) is 1. The number of nitrogens with one attached hydrogen (secondary N) is 1. The number of rotatable bonds is 7. The minimum absolute atomic E-state index is 0.0286. The molecule has 2 amide bonds. The number of pyridine rings is 1. The van der Waals surface area contributed by atoms with Crippen molar-refractivity contribution >= 4 is 11.8 Å². The van der Waals surface area contributed by atoms with E-state index in [4.69, 9.17) is 4.74 Å². The summed E-state index contributed by atoms with van der Waals surface area (Å²) in [5, 5.41) is 3.20. The van der Waals surface area contributed by atoms with Crippen LogP contribution in [0.25, 0.3) is 0 Å². The van der Waals surface area contributed by atoms with E-state index in [0.717, 1.165) is 75.0 Å². The second-order valence-electron chi connectivity index (χ2n) is 11.0. The molecule has 3 aliphatic rings. The van der Waals surface area contributed by atoms with Gasteiger partial charge < -0.3 is 19.9 Å². The number of ether oxygens (including phenoxy) is 1. The number of amides is 2. The highest BCUT2D eigenvalue weighted by molar-refractivity contribution is 6.04. The van der Waals surface area contributed by atoms with Gasteiger partial charge in [-0.2, -0.15) is 13.2 Å². The number of benzene rings is 1. The summed E-state index contributed by atoms with van der Waals surface area (Å²) >= 11 is 0. The number of carbonyl (C=O) groups is 2. The molecule has 0 atom stereocenters. The van der Waals surface area contributed by atoms with Gasteiger partial charge in [-0.05, 0) is 74.2 Å². The largest absolute Gasteiger partial charge is 0.468 e. The van der Waals surface area contributed by atoms with Gasteiger partial charge in [0.1, 0.15) is 0 Å². The van der Waals surface area contributed by atoms with Crippen LogP contribution in [0, 0.1) is 5.92 Å². The zero-order valence-electron chi connectivity index (χ0n) is 22.2. The highest BCUT2D eigenvalue weighted by Crippen LogP contribution is 2.29. The molecule has 1 aliphatic carbocycles. The first-order chi connectivity index (χ1) is 18.7. The Labute approximate surface area is 226 Å². The lowest BCUT2D eigenvalue weighted by Gasteiger charge is -2.31. The summed E-state index contributed by atoms with van der Waals surface area (Å²) in [5.74, 6) is 0.505. The van der Waals surface area contributed by atoms with E-state index in [1.54, 1.807) is 30.1 Å². The number of hydrogen-bond acceptors (Lipinski definition) is 5. The summed E-state index contributed by atoms with van der Waals surface area (Å²) in [6.07, 6.45) is 2.25. The van der Waals surface area contributed by atoms with Crippen molar-refractivity contribution in [3.8, 4) is 5.88 Å². The Kier molecular flexibility index (Phi) is 8.11. The lowest BCUT2D eigenvalue weighted by atomic mass is 9.84. The molecule has 3 heterocycles. The minimum atomic E-state index is -4.38. The number of nitrogens with zero attached hydrogens (tertiary/aromatic N) is 3. The normalized spacial score (nSPS) is 21.7. The summed E-state index contributed by atoms with van der Waals surface area (Å²) in [5.41, 5.74) is 3.94. The molecule has 1 saturated carbocycles. The number of carbonyl (C=O) groups excluding carboxylic acids is 2. The Balaban J connectivity index is 1.05. The van der Waals surface area contributed by atoms with Gasteiger partial charge in [0.2, 0.25) is 5.88 Å². The van der Waals surface area contributed by atoms with Gasteiger partial charge in [0.25, 0.3) is 11.8 Å². The number of fused-ring (bicyclic) bond motifs is 2. The molecule has 0 radical (unpaired) electrons. The van der Waals surface area contributed by atoms with Gasteiger partial charge >= 0.3 is 6.18 Å². The molecule has 1 N–H and O–H groups in total. The summed E-state index contributed by atoms with van der Waals surface area (Å²) in [4.78, 5) is 33.7. The number of alkyl halides is 3. The molecule has 1 aromatic carbocycles. The van der Waals surface area contributed by atoms with E-state index < -0.39 is 12.8 Å². The molecule has 2 aromatic rings. The third kappa shape index (κ3) is 6.72. The Hall–Kier alpha value is -3.14. The van der Waals surface area contributed by atoms with Gasteiger partial charge in [-0.15, -0.1) is 0 Å². The van der Waals surface area contributed by atoms with Crippen molar-refractivity contribution in [3.05, 3.63) is 58.3 Å². The van der Waals surface area contributed by atoms with Crippen LogP contribution in [0.3, 0.4) is 0 Å². The van der Waals surface area contributed by atoms with Crippen LogP contribution in [0.2, 0.25) is 0 Å². The average Bonchev–Trinajstić information content (AvgIpc) is 3.07. The molecule has 0 bridgehead atoms. The molecule has 7 nitrogen and oxygen atoms in total. The van der Waals surface area contributed by atoms with E-state index in [-0.39, 0.29) is 23.7 Å². The van der Waals surface area contributed by atoms with E-state index >= 15 is 0 Å². The van der Waals surface area contributed by atoms with Crippen molar-refractivity contribution < 1.29 is 27.5 Å². The Morgan fingerprint density at radius 1 is 1.10 bits per heavy atom. The van der Waals surface area contributed by atoms with Gasteiger partial charge in [-0.1, -0.05) is 12.1 Å². The maximum atomic E-state index is 13.0. The fourth-order valence-electron chi connectivity index (χ4n) is 5.98. The van der Waals surface area contributed by atoms with Crippen molar-refractivity contribution in [2.24, 2.45) is 5.92 Å². The van der Waals surface area contributed by atoms with Crippen LogP contribution in [0.4, 0.5) is 13.2 Å². The second kappa shape index (κ2) is 11.5. The smallest absolute Gasteiger partial charge is 0.422 e. The molecule has 1 aromatic heterocycles. The van der Waals surface area contributed by atoms with Gasteiger partial charge in [0.05, 0.1) is 0 Å². The fourth-order valence-corrected chi connectivity index (χ4v) is 5.98. The Morgan fingerprint density at radius 3 is 2.64 bits per heavy atom. The molecule has 5 rings (SSSR count). The van der Waals surface area contributed by atoms with Crippen molar-refractivity contribution in [2.45, 2.75) is 63.7 Å². The van der Waals surface area contributed by atoms with Crippen LogP contribution < -0.4 is 10.1 Å². The van der Waals surface area contributed by atoms with Gasteiger partial charge in [0, 0.05) is 62.0 Å². The van der Waals surface area contributed by atoms with Crippen LogP contribution in [0.1, 0.15) is 69.6 Å². The van der Waals surface area contributed by atoms with E-state index in [1.165, 1.54) is 6.07 Å². The van der Waals surface area contributed by atoms with Crippen molar-refractivity contribution in [1.82, 2.24) is 20.1 Å². The lowest BCUT2D eigenvalue weighted by Crippen LogP contribution is -2.38. The van der Waals surface area contributed by atoms with E-state index in [0.29, 0.717) is 30.0 Å². The van der Waals surface area contributed by atoms with Crippen molar-refractivity contribution in [1.29, 1.82) is 0 Å². The molecule has 0 saturated heterocycles. The molecule has 10 heteroatoms. The minimum Gasteiger partial charge on any atom is -0.468 e. The first-order valence-corrected chi connectivity index (χ1v) is 13.7. The summed E-state index contributed by atoms with van der Waals surface area (Å²) in [7, 11) is 1.75. The molecular formula is C29H35F3N4O3. The third-order valence-electron chi connectivity index (χ3n) is 8.22. The monoisotopic (exact) mass is 544 g/mol. The molecular weight excluding hydrogens is 509 g/mol. The van der Waals surface area contributed by atoms with Gasteiger partial charge in [-0.3, -0.25) is 9.59 Å². The molecule has 210 valence electrons. The zero-order chi connectivity index (χ0) is 27.6. The molecule has 2 aliphatic heterocycles. The Morgan fingerprint density at radius 2 is 1.87 bits per heavy atom. The highest BCUT2D eigenvalue weighted by Gasteiger charge is 2.31. The third-order valence-corrected chi connectivity index (χ3v) is 8.22. The SMILES string of the molecule is CN1Cc2c(C(=O)N[C@H]3CC[C@H](CCN4CCc5ccc(OCC(F)(F)F)nc5CC4)CC3)cccc2C1=O. The predicted octanol–water partition coefficient (Wildman–Crippen LogP) is 4.39. The van der Waals surface area contributed by atoms with Crippen LogP contribution in [0.5, 0.6) is 5.88 Å². The van der Waals surface area contributed by atoms with E-state index in [9.17, 15) is 22.8 Å². The second-order valence-corrected chi connectivity index (χ2v) is 11.0. The predicted molar refractivity (Wildman–Crippen MR) is 140 cm³/mol. The highest BCUT2D eigenvalue weighted by atomic mass is 19.4. The topological polar surface area (TPSA) is 74.8 Å². The van der Waals surface area contributed by atoms with E-state index in [2.05, 4.69) is 15.2 Å². The first kappa shape index (κ1) is 27.4. The van der Waals surface area contributed by atoms with Crippen LogP contribution in [-0.4, -0.2) is 72.1 Å².